The third-order valence-electron chi connectivity index (χ3n) is 3.86. The Labute approximate surface area is 175 Å². The normalized spacial score (nSPS) is 11.9. The van der Waals surface area contributed by atoms with Crippen LogP contribution in [0.15, 0.2) is 76.5 Å². The van der Waals surface area contributed by atoms with E-state index in [1.165, 1.54) is 12.3 Å². The van der Waals surface area contributed by atoms with E-state index in [9.17, 15) is 9.59 Å². The Hall–Kier alpha value is -4.07. The average molecular weight is 404 g/mol. The minimum atomic E-state index is -0.388. The topological polar surface area (TPSA) is 122 Å². The van der Waals surface area contributed by atoms with E-state index < -0.39 is 0 Å². The minimum Gasteiger partial charge on any atom is -0.397 e. The number of nitrogen functional groups attached to an aromatic ring is 1. The van der Waals surface area contributed by atoms with E-state index in [2.05, 4.69) is 32.3 Å². The first-order valence-corrected chi connectivity index (χ1v) is 9.15. The van der Waals surface area contributed by atoms with Gasteiger partial charge < -0.3 is 16.4 Å². The minimum absolute atomic E-state index is 0.184. The Bertz CT molecular complexity index is 1010. The maximum Gasteiger partial charge on any atom is 0.274 e. The summed E-state index contributed by atoms with van der Waals surface area (Å²) in [7, 11) is 0. The fourth-order valence-electron chi connectivity index (χ4n) is 2.24. The van der Waals surface area contributed by atoms with E-state index in [0.717, 1.165) is 5.57 Å². The quantitative estimate of drug-likeness (QED) is 0.281. The SMILES string of the molecule is C=N\C(C)=N/C=C(C)/C=C/CC(=O)Nc1ccc(C(=O)Nc2ccccc2N)nc1. The molecule has 0 bridgehead atoms. The van der Waals surface area contributed by atoms with Gasteiger partial charge in [-0.2, -0.15) is 0 Å². The summed E-state index contributed by atoms with van der Waals surface area (Å²) in [6.45, 7) is 7.00. The number of carbonyl (C=O) groups excluding carboxylic acids is 2. The zero-order valence-corrected chi connectivity index (χ0v) is 16.9. The number of amidine groups is 1. The van der Waals surface area contributed by atoms with Crippen LogP contribution in [-0.4, -0.2) is 29.4 Å². The van der Waals surface area contributed by atoms with Crippen LogP contribution in [-0.2, 0) is 4.79 Å². The summed E-state index contributed by atoms with van der Waals surface area (Å²) in [5, 5.41) is 5.42. The number of aliphatic imine (C=N–C) groups is 2. The molecule has 2 aromatic rings. The third-order valence-corrected chi connectivity index (χ3v) is 3.86. The summed E-state index contributed by atoms with van der Waals surface area (Å²) in [4.78, 5) is 36.2. The number of hydrogen-bond acceptors (Lipinski definition) is 5. The van der Waals surface area contributed by atoms with Gasteiger partial charge in [0.2, 0.25) is 5.91 Å². The van der Waals surface area contributed by atoms with E-state index in [4.69, 9.17) is 5.73 Å². The van der Waals surface area contributed by atoms with Crippen LogP contribution in [0.3, 0.4) is 0 Å². The second-order valence-electron chi connectivity index (χ2n) is 6.34. The Kier molecular flexibility index (Phi) is 8.19. The smallest absolute Gasteiger partial charge is 0.274 e. The number of nitrogens with two attached hydrogens (primary N) is 1. The van der Waals surface area contributed by atoms with Gasteiger partial charge in [-0.05, 0) is 50.4 Å². The Morgan fingerprint density at radius 1 is 1.17 bits per heavy atom. The molecule has 0 aliphatic heterocycles. The van der Waals surface area contributed by atoms with Crippen molar-refractivity contribution in [1.82, 2.24) is 4.98 Å². The first-order chi connectivity index (χ1) is 14.4. The maximum absolute atomic E-state index is 12.3. The number of amides is 2. The second kappa shape index (κ2) is 11.1. The van der Waals surface area contributed by atoms with Gasteiger partial charge in [-0.3, -0.25) is 9.59 Å². The van der Waals surface area contributed by atoms with E-state index in [1.807, 2.05) is 6.92 Å². The number of nitrogens with one attached hydrogen (secondary N) is 2. The molecule has 1 aromatic carbocycles. The summed E-state index contributed by atoms with van der Waals surface area (Å²) in [6.07, 6.45) is 6.78. The van der Waals surface area contributed by atoms with Crippen LogP contribution in [0.5, 0.6) is 0 Å². The molecule has 0 atom stereocenters. The van der Waals surface area contributed by atoms with Crippen LogP contribution in [0, 0.1) is 0 Å². The van der Waals surface area contributed by atoms with Crippen molar-refractivity contribution in [3.05, 3.63) is 72.2 Å². The molecule has 1 heterocycles. The van der Waals surface area contributed by atoms with Crippen LogP contribution in [0.2, 0.25) is 0 Å². The van der Waals surface area contributed by atoms with Gasteiger partial charge in [0.15, 0.2) is 0 Å². The van der Waals surface area contributed by atoms with Crippen molar-refractivity contribution in [2.45, 2.75) is 20.3 Å². The van der Waals surface area contributed by atoms with E-state index >= 15 is 0 Å². The summed E-state index contributed by atoms with van der Waals surface area (Å²) in [5.41, 5.74) is 8.38. The molecule has 8 nitrogen and oxygen atoms in total. The Morgan fingerprint density at radius 3 is 2.60 bits per heavy atom. The highest BCUT2D eigenvalue weighted by atomic mass is 16.2. The number of aromatic nitrogens is 1. The molecular formula is C22H24N6O2. The molecule has 4 N–H and O–H groups in total. The number of carbonyl (C=O) groups is 2. The summed E-state index contributed by atoms with van der Waals surface area (Å²) < 4.78 is 0. The molecule has 0 fully saturated rings. The molecule has 0 unspecified atom stereocenters. The van der Waals surface area contributed by atoms with Crippen LogP contribution >= 0.6 is 0 Å². The molecule has 0 saturated carbocycles. The number of anilines is 3. The van der Waals surface area contributed by atoms with E-state index in [-0.39, 0.29) is 23.9 Å². The third kappa shape index (κ3) is 7.16. The van der Waals surface area contributed by atoms with Crippen molar-refractivity contribution < 1.29 is 9.59 Å². The summed E-state index contributed by atoms with van der Waals surface area (Å²) in [5.74, 6) is -0.0274. The second-order valence-corrected chi connectivity index (χ2v) is 6.34. The number of rotatable bonds is 7. The van der Waals surface area contributed by atoms with Gasteiger partial charge in [-0.15, -0.1) is 0 Å². The molecule has 0 radical (unpaired) electrons. The fourth-order valence-corrected chi connectivity index (χ4v) is 2.24. The number of pyridine rings is 1. The predicted octanol–water partition coefficient (Wildman–Crippen LogP) is 3.82. The zero-order chi connectivity index (χ0) is 21.9. The summed E-state index contributed by atoms with van der Waals surface area (Å²) >= 11 is 0. The summed E-state index contributed by atoms with van der Waals surface area (Å²) in [6, 6.07) is 10.1. The van der Waals surface area contributed by atoms with Crippen LogP contribution < -0.4 is 16.4 Å². The number of allylic oxidation sites excluding steroid dienone is 2. The lowest BCUT2D eigenvalue weighted by atomic mass is 10.2. The zero-order valence-electron chi connectivity index (χ0n) is 16.9. The highest BCUT2D eigenvalue weighted by Crippen LogP contribution is 2.17. The van der Waals surface area contributed by atoms with Crippen molar-refractivity contribution in [2.24, 2.45) is 9.98 Å². The maximum atomic E-state index is 12.3. The number of benzene rings is 1. The molecule has 0 saturated heterocycles. The van der Waals surface area contributed by atoms with Crippen molar-refractivity contribution in [3.8, 4) is 0 Å². The largest absolute Gasteiger partial charge is 0.397 e. The molecular weight excluding hydrogens is 380 g/mol. The number of nitrogens with zero attached hydrogens (tertiary/aromatic N) is 3. The molecule has 2 rings (SSSR count). The first-order valence-electron chi connectivity index (χ1n) is 9.15. The van der Waals surface area contributed by atoms with Gasteiger partial charge in [-0.25, -0.2) is 15.0 Å². The fraction of sp³-hybridized carbons (Fsp3) is 0.136. The Morgan fingerprint density at radius 2 is 1.93 bits per heavy atom. The number of hydrogen-bond donors (Lipinski definition) is 3. The average Bonchev–Trinajstić information content (AvgIpc) is 2.74. The van der Waals surface area contributed by atoms with Gasteiger partial charge >= 0.3 is 0 Å². The molecule has 2 amide bonds. The lowest BCUT2D eigenvalue weighted by molar-refractivity contribution is -0.115. The van der Waals surface area contributed by atoms with Crippen LogP contribution in [0.1, 0.15) is 30.8 Å². The molecule has 1 aromatic heterocycles. The lowest BCUT2D eigenvalue weighted by Gasteiger charge is -2.08. The molecule has 8 heteroatoms. The molecule has 0 aliphatic rings. The van der Waals surface area contributed by atoms with Gasteiger partial charge in [0, 0.05) is 12.6 Å². The monoisotopic (exact) mass is 404 g/mol. The first kappa shape index (κ1) is 22.2. The van der Waals surface area contributed by atoms with Gasteiger partial charge in [-0.1, -0.05) is 24.3 Å². The van der Waals surface area contributed by atoms with Gasteiger partial charge in [0.1, 0.15) is 11.5 Å². The van der Waals surface area contributed by atoms with Gasteiger partial charge in [0.25, 0.3) is 5.91 Å². The van der Waals surface area contributed by atoms with E-state index in [1.54, 1.807) is 55.6 Å². The van der Waals surface area contributed by atoms with Gasteiger partial charge in [0.05, 0.1) is 23.3 Å². The highest BCUT2D eigenvalue weighted by molar-refractivity contribution is 6.04. The lowest BCUT2D eigenvalue weighted by Crippen LogP contribution is -2.15. The molecule has 154 valence electrons. The molecule has 0 aliphatic carbocycles. The van der Waals surface area contributed by atoms with Crippen LogP contribution in [0.4, 0.5) is 17.1 Å². The predicted molar refractivity (Wildman–Crippen MR) is 122 cm³/mol. The molecule has 30 heavy (non-hydrogen) atoms. The molecule has 0 spiro atoms. The van der Waals surface area contributed by atoms with E-state index in [0.29, 0.717) is 22.9 Å². The van der Waals surface area contributed by atoms with Crippen molar-refractivity contribution >= 4 is 41.4 Å². The van der Waals surface area contributed by atoms with Crippen molar-refractivity contribution in [2.75, 3.05) is 16.4 Å². The highest BCUT2D eigenvalue weighted by Gasteiger charge is 2.09. The standard InChI is InChI=1S/C22H24N6O2/c1-15(13-25-16(2)24-3)7-6-10-21(29)27-17-11-12-20(26-14-17)22(30)28-19-9-5-4-8-18(19)23/h4-9,11-14H,3,10,23H2,1-2H3,(H,27,29)(H,28,30)/b7-6+,15-13+,25-16-. The number of para-hydroxylation sites is 2. The van der Waals surface area contributed by atoms with Crippen molar-refractivity contribution in [3.63, 3.8) is 0 Å². The Balaban J connectivity index is 1.88. The van der Waals surface area contributed by atoms with Crippen LogP contribution in [0.25, 0.3) is 0 Å². The van der Waals surface area contributed by atoms with Crippen molar-refractivity contribution in [1.29, 1.82) is 0 Å².